The molecule has 0 saturated carbocycles. The molecular weight excluding hydrogens is 348 g/mol. The number of aryl methyl sites for hydroxylation is 1. The molecule has 7 nitrogen and oxygen atoms in total. The Balaban J connectivity index is 1.59. The molecule has 1 N–H and O–H groups in total. The first kappa shape index (κ1) is 18.0. The van der Waals surface area contributed by atoms with Crippen molar-refractivity contribution in [1.29, 1.82) is 0 Å². The van der Waals surface area contributed by atoms with Crippen LogP contribution in [0.1, 0.15) is 35.8 Å². The topological polar surface area (TPSA) is 81.0 Å². The number of ether oxygens (including phenoxy) is 2. The van der Waals surface area contributed by atoms with E-state index in [-0.39, 0.29) is 18.0 Å². The van der Waals surface area contributed by atoms with Crippen LogP contribution >= 0.6 is 0 Å². The summed E-state index contributed by atoms with van der Waals surface area (Å²) in [6, 6.07) is 7.55. The molecule has 4 rings (SSSR count). The standard InChI is InChI=1S/C20H24N2O5/c1-2-22-16-6-4-3-5-14(16)15(18(22)19(24)25)13-17(23)21-9-7-20(8-10-21)26-11-12-27-20/h3-6H,2,7-13H2,1H3,(H,24,25). The molecule has 3 heterocycles. The number of rotatable bonds is 4. The molecule has 144 valence electrons. The molecule has 0 unspecified atom stereocenters. The molecule has 1 amide bonds. The molecular formula is C20H24N2O5. The average molecular weight is 372 g/mol. The number of carbonyl (C=O) groups excluding carboxylic acids is 1. The normalized spacial score (nSPS) is 19.1. The van der Waals surface area contributed by atoms with Crippen molar-refractivity contribution in [1.82, 2.24) is 9.47 Å². The van der Waals surface area contributed by atoms with Crippen molar-refractivity contribution in [3.8, 4) is 0 Å². The van der Waals surface area contributed by atoms with Crippen molar-refractivity contribution in [2.45, 2.75) is 38.5 Å². The van der Waals surface area contributed by atoms with E-state index in [9.17, 15) is 14.7 Å². The van der Waals surface area contributed by atoms with Gasteiger partial charge in [0.2, 0.25) is 5.91 Å². The first-order valence-electron chi connectivity index (χ1n) is 9.44. The maximum atomic E-state index is 12.9. The molecule has 0 radical (unpaired) electrons. The number of benzene rings is 1. The first-order valence-corrected chi connectivity index (χ1v) is 9.44. The van der Waals surface area contributed by atoms with E-state index in [1.54, 1.807) is 9.47 Å². The molecule has 2 aromatic rings. The molecule has 0 atom stereocenters. The lowest BCUT2D eigenvalue weighted by Gasteiger charge is -2.37. The van der Waals surface area contributed by atoms with Gasteiger partial charge < -0.3 is 24.0 Å². The predicted molar refractivity (Wildman–Crippen MR) is 98.7 cm³/mol. The third kappa shape index (κ3) is 3.11. The van der Waals surface area contributed by atoms with Gasteiger partial charge in [-0.3, -0.25) is 4.79 Å². The Hall–Kier alpha value is -2.38. The zero-order chi connectivity index (χ0) is 19.0. The van der Waals surface area contributed by atoms with Crippen molar-refractivity contribution >= 4 is 22.8 Å². The molecule has 2 fully saturated rings. The number of carboxylic acids is 1. The van der Waals surface area contributed by atoms with Gasteiger partial charge in [-0.1, -0.05) is 18.2 Å². The monoisotopic (exact) mass is 372 g/mol. The zero-order valence-corrected chi connectivity index (χ0v) is 15.4. The van der Waals surface area contributed by atoms with Crippen LogP contribution in [-0.4, -0.2) is 58.5 Å². The molecule has 1 spiro atoms. The van der Waals surface area contributed by atoms with E-state index in [0.29, 0.717) is 51.3 Å². The lowest BCUT2D eigenvalue weighted by molar-refractivity contribution is -0.187. The zero-order valence-electron chi connectivity index (χ0n) is 15.4. The maximum absolute atomic E-state index is 12.9. The number of piperidine rings is 1. The summed E-state index contributed by atoms with van der Waals surface area (Å²) in [6.07, 6.45) is 1.40. The van der Waals surface area contributed by atoms with Gasteiger partial charge in [0.25, 0.3) is 0 Å². The minimum absolute atomic E-state index is 0.0515. The Labute approximate surface area is 157 Å². The summed E-state index contributed by atoms with van der Waals surface area (Å²) in [7, 11) is 0. The van der Waals surface area contributed by atoms with Gasteiger partial charge in [0.15, 0.2) is 5.79 Å². The third-order valence-electron chi connectivity index (χ3n) is 5.61. The lowest BCUT2D eigenvalue weighted by atomic mass is 10.0. The number of hydrogen-bond acceptors (Lipinski definition) is 4. The number of aromatic nitrogens is 1. The fourth-order valence-corrected chi connectivity index (χ4v) is 4.27. The number of carbonyl (C=O) groups is 2. The van der Waals surface area contributed by atoms with E-state index >= 15 is 0 Å². The Morgan fingerprint density at radius 1 is 1.15 bits per heavy atom. The summed E-state index contributed by atoms with van der Waals surface area (Å²) in [5.41, 5.74) is 1.66. The summed E-state index contributed by atoms with van der Waals surface area (Å²) in [6.45, 7) is 4.79. The van der Waals surface area contributed by atoms with E-state index in [4.69, 9.17) is 9.47 Å². The Morgan fingerprint density at radius 2 is 1.81 bits per heavy atom. The highest BCUT2D eigenvalue weighted by molar-refractivity contribution is 6.00. The van der Waals surface area contributed by atoms with Gasteiger partial charge in [-0.25, -0.2) is 4.79 Å². The second kappa shape index (κ2) is 6.98. The number of carboxylic acid groups (broad SMARTS) is 1. The molecule has 0 aliphatic carbocycles. The van der Waals surface area contributed by atoms with Crippen molar-refractivity contribution in [2.24, 2.45) is 0 Å². The Kier molecular flexibility index (Phi) is 4.65. The van der Waals surface area contributed by atoms with Crippen LogP contribution in [0.25, 0.3) is 10.9 Å². The van der Waals surface area contributed by atoms with Crippen LogP contribution in [0.2, 0.25) is 0 Å². The van der Waals surface area contributed by atoms with Crippen LogP contribution in [0, 0.1) is 0 Å². The Morgan fingerprint density at radius 3 is 2.44 bits per heavy atom. The number of para-hydroxylation sites is 1. The van der Waals surface area contributed by atoms with Crippen LogP contribution in [0.3, 0.4) is 0 Å². The fourth-order valence-electron chi connectivity index (χ4n) is 4.27. The van der Waals surface area contributed by atoms with E-state index in [1.165, 1.54) is 0 Å². The van der Waals surface area contributed by atoms with Gasteiger partial charge in [0.1, 0.15) is 5.69 Å². The van der Waals surface area contributed by atoms with Gasteiger partial charge >= 0.3 is 5.97 Å². The second-order valence-corrected chi connectivity index (χ2v) is 7.06. The van der Waals surface area contributed by atoms with Crippen molar-refractivity contribution in [3.05, 3.63) is 35.5 Å². The minimum Gasteiger partial charge on any atom is -0.477 e. The highest BCUT2D eigenvalue weighted by atomic mass is 16.7. The van der Waals surface area contributed by atoms with Gasteiger partial charge in [0.05, 0.1) is 19.6 Å². The van der Waals surface area contributed by atoms with Crippen LogP contribution in [0.4, 0.5) is 0 Å². The maximum Gasteiger partial charge on any atom is 0.352 e. The molecule has 1 aromatic heterocycles. The highest BCUT2D eigenvalue weighted by Crippen LogP contribution is 2.32. The van der Waals surface area contributed by atoms with Gasteiger partial charge in [-0.05, 0) is 13.0 Å². The number of amides is 1. The molecule has 0 bridgehead atoms. The molecule has 2 aliphatic rings. The van der Waals surface area contributed by atoms with Crippen LogP contribution in [0.5, 0.6) is 0 Å². The van der Waals surface area contributed by atoms with E-state index in [0.717, 1.165) is 10.9 Å². The summed E-state index contributed by atoms with van der Waals surface area (Å²) in [5, 5.41) is 10.6. The van der Waals surface area contributed by atoms with Crippen molar-refractivity contribution < 1.29 is 24.2 Å². The largest absolute Gasteiger partial charge is 0.477 e. The second-order valence-electron chi connectivity index (χ2n) is 7.06. The fraction of sp³-hybridized carbons (Fsp3) is 0.500. The van der Waals surface area contributed by atoms with E-state index in [2.05, 4.69) is 0 Å². The number of hydrogen-bond donors (Lipinski definition) is 1. The predicted octanol–water partition coefficient (Wildman–Crippen LogP) is 2.27. The molecule has 7 heteroatoms. The van der Waals surface area contributed by atoms with Gasteiger partial charge in [-0.15, -0.1) is 0 Å². The van der Waals surface area contributed by atoms with Crippen molar-refractivity contribution in [2.75, 3.05) is 26.3 Å². The SMILES string of the molecule is CCn1c(C(=O)O)c(CC(=O)N2CCC3(CC2)OCCO3)c2ccccc21. The number of aromatic carboxylic acids is 1. The smallest absolute Gasteiger partial charge is 0.352 e. The lowest BCUT2D eigenvalue weighted by Crippen LogP contribution is -2.47. The van der Waals surface area contributed by atoms with Gasteiger partial charge in [0, 0.05) is 48.9 Å². The third-order valence-corrected chi connectivity index (χ3v) is 5.61. The first-order chi connectivity index (χ1) is 13.0. The van der Waals surface area contributed by atoms with Gasteiger partial charge in [-0.2, -0.15) is 0 Å². The van der Waals surface area contributed by atoms with Crippen LogP contribution < -0.4 is 0 Å². The quantitative estimate of drug-likeness (QED) is 0.890. The molecule has 2 saturated heterocycles. The minimum atomic E-state index is -0.999. The summed E-state index contributed by atoms with van der Waals surface area (Å²) >= 11 is 0. The molecule has 1 aromatic carbocycles. The summed E-state index contributed by atoms with van der Waals surface area (Å²) in [5.74, 6) is -1.58. The number of fused-ring (bicyclic) bond motifs is 1. The highest BCUT2D eigenvalue weighted by Gasteiger charge is 2.41. The summed E-state index contributed by atoms with van der Waals surface area (Å²) in [4.78, 5) is 26.6. The molecule has 27 heavy (non-hydrogen) atoms. The Bertz CT molecular complexity index is 872. The van der Waals surface area contributed by atoms with Crippen LogP contribution in [0.15, 0.2) is 24.3 Å². The number of nitrogens with zero attached hydrogens (tertiary/aromatic N) is 2. The van der Waals surface area contributed by atoms with Crippen molar-refractivity contribution in [3.63, 3.8) is 0 Å². The van der Waals surface area contributed by atoms with E-state index in [1.807, 2.05) is 31.2 Å². The summed E-state index contributed by atoms with van der Waals surface area (Å²) < 4.78 is 13.2. The van der Waals surface area contributed by atoms with Crippen LogP contribution in [-0.2, 0) is 27.2 Å². The van der Waals surface area contributed by atoms with E-state index < -0.39 is 11.8 Å². The average Bonchev–Trinajstić information content (AvgIpc) is 3.25. The molecule has 2 aliphatic heterocycles. The number of likely N-dealkylation sites (tertiary alicyclic amines) is 1.